The van der Waals surface area contributed by atoms with Crippen molar-refractivity contribution in [2.24, 2.45) is 0 Å². The Bertz CT molecular complexity index is 448. The van der Waals surface area contributed by atoms with Crippen molar-refractivity contribution < 1.29 is 5.11 Å². The van der Waals surface area contributed by atoms with E-state index < -0.39 is 0 Å². The molecule has 1 atom stereocenters. The first-order valence-electron chi connectivity index (χ1n) is 6.13. The minimum absolute atomic E-state index is 0.340. The van der Waals surface area contributed by atoms with Gasteiger partial charge in [0, 0.05) is 4.88 Å². The Morgan fingerprint density at radius 3 is 2.71 bits per heavy atom. The molecule has 17 heavy (non-hydrogen) atoms. The maximum atomic E-state index is 10.2. The van der Waals surface area contributed by atoms with Gasteiger partial charge >= 0.3 is 0 Å². The van der Waals surface area contributed by atoms with Crippen LogP contribution in [0.1, 0.15) is 37.9 Å². The van der Waals surface area contributed by atoms with E-state index in [9.17, 15) is 5.11 Å². The third-order valence-electron chi connectivity index (χ3n) is 2.94. The summed E-state index contributed by atoms with van der Waals surface area (Å²) in [5, 5.41) is 12.3. The van der Waals surface area contributed by atoms with Crippen LogP contribution in [0.25, 0.3) is 10.4 Å². The van der Waals surface area contributed by atoms with Gasteiger partial charge in [0.05, 0.1) is 6.10 Å². The molecule has 0 aliphatic carbocycles. The van der Waals surface area contributed by atoms with Crippen LogP contribution in [0.2, 0.25) is 0 Å². The minimum Gasteiger partial charge on any atom is -0.388 e. The van der Waals surface area contributed by atoms with Crippen molar-refractivity contribution in [1.29, 1.82) is 0 Å². The molecule has 0 fully saturated rings. The second kappa shape index (κ2) is 5.99. The van der Waals surface area contributed by atoms with Crippen LogP contribution in [0.4, 0.5) is 0 Å². The van der Waals surface area contributed by atoms with E-state index in [0.717, 1.165) is 24.8 Å². The molecule has 90 valence electrons. The van der Waals surface area contributed by atoms with Crippen molar-refractivity contribution in [3.63, 3.8) is 0 Å². The third kappa shape index (κ3) is 2.96. The number of hydrogen-bond acceptors (Lipinski definition) is 2. The summed E-state index contributed by atoms with van der Waals surface area (Å²) >= 11 is 1.72. The van der Waals surface area contributed by atoms with Crippen molar-refractivity contribution in [3.8, 4) is 10.4 Å². The highest BCUT2D eigenvalue weighted by Gasteiger charge is 2.12. The first kappa shape index (κ1) is 12.3. The Labute approximate surface area is 107 Å². The predicted molar refractivity (Wildman–Crippen MR) is 74.2 cm³/mol. The Morgan fingerprint density at radius 2 is 2.00 bits per heavy atom. The molecule has 2 heteroatoms. The number of hydrogen-bond donors (Lipinski definition) is 1. The molecule has 1 aromatic carbocycles. The lowest BCUT2D eigenvalue weighted by Gasteiger charge is -2.14. The molecule has 0 saturated heterocycles. The molecule has 0 radical (unpaired) electrons. The van der Waals surface area contributed by atoms with Crippen molar-refractivity contribution in [2.45, 2.75) is 32.3 Å². The maximum Gasteiger partial charge on any atom is 0.0796 e. The van der Waals surface area contributed by atoms with Crippen LogP contribution in [0.3, 0.4) is 0 Å². The Morgan fingerprint density at radius 1 is 1.18 bits per heavy atom. The molecule has 0 saturated carbocycles. The average molecular weight is 246 g/mol. The molecule has 2 aromatic rings. The maximum absolute atomic E-state index is 10.2. The molecule has 0 aliphatic rings. The van der Waals surface area contributed by atoms with Gasteiger partial charge in [-0.1, -0.05) is 50.1 Å². The lowest BCUT2D eigenvalue weighted by molar-refractivity contribution is 0.165. The van der Waals surface area contributed by atoms with E-state index in [1.165, 1.54) is 10.4 Å². The Hall–Kier alpha value is -1.12. The quantitative estimate of drug-likeness (QED) is 0.815. The molecular weight excluding hydrogens is 228 g/mol. The smallest absolute Gasteiger partial charge is 0.0796 e. The van der Waals surface area contributed by atoms with E-state index in [1.54, 1.807) is 11.3 Å². The summed E-state index contributed by atoms with van der Waals surface area (Å²) in [4.78, 5) is 1.23. The van der Waals surface area contributed by atoms with E-state index in [2.05, 4.69) is 30.5 Å². The number of aliphatic hydroxyl groups excluding tert-OH is 1. The summed E-state index contributed by atoms with van der Waals surface area (Å²) in [5.74, 6) is 0. The molecule has 0 aliphatic heterocycles. The molecule has 1 N–H and O–H groups in total. The van der Waals surface area contributed by atoms with Crippen LogP contribution in [-0.4, -0.2) is 5.11 Å². The van der Waals surface area contributed by atoms with Gasteiger partial charge in [-0.25, -0.2) is 0 Å². The molecule has 0 bridgehead atoms. The third-order valence-corrected chi connectivity index (χ3v) is 3.84. The second-order valence-corrected chi connectivity index (χ2v) is 5.17. The summed E-state index contributed by atoms with van der Waals surface area (Å²) in [6, 6.07) is 12.3. The van der Waals surface area contributed by atoms with Gasteiger partial charge in [-0.15, -0.1) is 11.3 Å². The monoisotopic (exact) mass is 246 g/mol. The topological polar surface area (TPSA) is 20.2 Å². The van der Waals surface area contributed by atoms with Gasteiger partial charge < -0.3 is 5.11 Å². The number of unbranched alkanes of at least 4 members (excludes halogenated alkanes) is 1. The number of aliphatic hydroxyl groups is 1. The first-order valence-corrected chi connectivity index (χ1v) is 7.01. The predicted octanol–water partition coefficient (Wildman–Crippen LogP) is 4.64. The van der Waals surface area contributed by atoms with Crippen molar-refractivity contribution in [1.82, 2.24) is 0 Å². The number of rotatable bonds is 5. The molecular formula is C15H18OS. The highest BCUT2D eigenvalue weighted by atomic mass is 32.1. The summed E-state index contributed by atoms with van der Waals surface area (Å²) in [7, 11) is 0. The van der Waals surface area contributed by atoms with Crippen LogP contribution in [0.5, 0.6) is 0 Å². The zero-order chi connectivity index (χ0) is 12.1. The van der Waals surface area contributed by atoms with E-state index >= 15 is 0 Å². The lowest BCUT2D eigenvalue weighted by Crippen LogP contribution is -1.99. The Kier molecular flexibility index (Phi) is 4.35. The summed E-state index contributed by atoms with van der Waals surface area (Å²) in [5.41, 5.74) is 2.23. The van der Waals surface area contributed by atoms with Gasteiger partial charge in [0.1, 0.15) is 0 Å². The summed E-state index contributed by atoms with van der Waals surface area (Å²) < 4.78 is 0. The van der Waals surface area contributed by atoms with Crippen LogP contribution in [0, 0.1) is 0 Å². The van der Waals surface area contributed by atoms with Crippen LogP contribution >= 0.6 is 11.3 Å². The Balaban J connectivity index is 2.28. The summed E-state index contributed by atoms with van der Waals surface area (Å²) in [6.07, 6.45) is 2.70. The summed E-state index contributed by atoms with van der Waals surface area (Å²) in [6.45, 7) is 2.15. The van der Waals surface area contributed by atoms with Crippen molar-refractivity contribution in [2.75, 3.05) is 0 Å². The van der Waals surface area contributed by atoms with E-state index in [4.69, 9.17) is 0 Å². The van der Waals surface area contributed by atoms with E-state index in [1.807, 2.05) is 18.2 Å². The zero-order valence-corrected chi connectivity index (χ0v) is 10.9. The van der Waals surface area contributed by atoms with Crippen LogP contribution in [-0.2, 0) is 0 Å². The molecule has 1 aromatic heterocycles. The van der Waals surface area contributed by atoms with E-state index in [-0.39, 0.29) is 6.10 Å². The molecule has 0 spiro atoms. The fourth-order valence-electron chi connectivity index (χ4n) is 2.00. The molecule has 1 unspecified atom stereocenters. The van der Waals surface area contributed by atoms with Gasteiger partial charge in [-0.2, -0.15) is 0 Å². The fraction of sp³-hybridized carbons (Fsp3) is 0.333. The highest BCUT2D eigenvalue weighted by molar-refractivity contribution is 7.13. The fourth-order valence-corrected chi connectivity index (χ4v) is 2.77. The first-order chi connectivity index (χ1) is 8.33. The standard InChI is InChI=1S/C15H18OS/c1-2-3-9-14(16)12-7-4-5-8-13(12)15-10-6-11-17-15/h4-8,10-11,14,16H,2-3,9H2,1H3. The minimum atomic E-state index is -0.340. The average Bonchev–Trinajstić information content (AvgIpc) is 2.89. The zero-order valence-electron chi connectivity index (χ0n) is 10.1. The normalized spacial score (nSPS) is 12.6. The SMILES string of the molecule is CCCCC(O)c1ccccc1-c1cccs1. The molecule has 0 amide bonds. The van der Waals surface area contributed by atoms with Crippen LogP contribution < -0.4 is 0 Å². The van der Waals surface area contributed by atoms with Gasteiger partial charge in [-0.3, -0.25) is 0 Å². The van der Waals surface area contributed by atoms with Gasteiger partial charge in [0.15, 0.2) is 0 Å². The number of thiophene rings is 1. The van der Waals surface area contributed by atoms with Gasteiger partial charge in [0.25, 0.3) is 0 Å². The largest absolute Gasteiger partial charge is 0.388 e. The molecule has 2 rings (SSSR count). The lowest BCUT2D eigenvalue weighted by atomic mass is 9.98. The van der Waals surface area contributed by atoms with Gasteiger partial charge in [-0.05, 0) is 29.0 Å². The van der Waals surface area contributed by atoms with Crippen molar-refractivity contribution in [3.05, 3.63) is 47.3 Å². The highest BCUT2D eigenvalue weighted by Crippen LogP contribution is 2.33. The van der Waals surface area contributed by atoms with Gasteiger partial charge in [0.2, 0.25) is 0 Å². The molecule has 1 nitrogen and oxygen atoms in total. The van der Waals surface area contributed by atoms with E-state index in [0.29, 0.717) is 0 Å². The van der Waals surface area contributed by atoms with Crippen LogP contribution in [0.15, 0.2) is 41.8 Å². The van der Waals surface area contributed by atoms with Crippen molar-refractivity contribution >= 4 is 11.3 Å². The second-order valence-electron chi connectivity index (χ2n) is 4.22. The molecule has 1 heterocycles. The number of benzene rings is 1.